The van der Waals surface area contributed by atoms with Gasteiger partial charge in [0, 0.05) is 19.1 Å². The molecule has 0 aromatic heterocycles. The van der Waals surface area contributed by atoms with Crippen molar-refractivity contribution >= 4 is 5.97 Å². The maximum absolute atomic E-state index is 10.7. The molecule has 1 saturated heterocycles. The molecule has 3 nitrogen and oxygen atoms in total. The maximum Gasteiger partial charge on any atom is 0.309 e. The lowest BCUT2D eigenvalue weighted by Crippen LogP contribution is -2.54. The molecule has 0 aromatic carbocycles. The predicted octanol–water partition coefficient (Wildman–Crippen LogP) is 2.36. The number of likely N-dealkylation sites (tertiary alicyclic amines) is 1. The summed E-state index contributed by atoms with van der Waals surface area (Å²) in [6.45, 7) is 3.86. The van der Waals surface area contributed by atoms with Crippen LogP contribution in [0.1, 0.15) is 45.4 Å². The molecule has 0 radical (unpaired) electrons. The van der Waals surface area contributed by atoms with Crippen molar-refractivity contribution in [1.82, 2.24) is 4.90 Å². The molecule has 2 atom stereocenters. The van der Waals surface area contributed by atoms with Gasteiger partial charge in [0.1, 0.15) is 0 Å². The van der Waals surface area contributed by atoms with Crippen molar-refractivity contribution in [3.05, 3.63) is 0 Å². The summed E-state index contributed by atoms with van der Waals surface area (Å²) in [6, 6.07) is 0.673. The van der Waals surface area contributed by atoms with Crippen molar-refractivity contribution in [3.63, 3.8) is 0 Å². The van der Waals surface area contributed by atoms with Crippen molar-refractivity contribution in [2.45, 2.75) is 51.5 Å². The van der Waals surface area contributed by atoms with Crippen LogP contribution in [0.25, 0.3) is 0 Å². The number of hydrogen-bond donors (Lipinski definition) is 1. The third kappa shape index (κ3) is 2.57. The second kappa shape index (κ2) is 5.17. The van der Waals surface area contributed by atoms with E-state index in [0.29, 0.717) is 6.04 Å². The minimum atomic E-state index is -0.615. The summed E-state index contributed by atoms with van der Waals surface area (Å²) in [5.41, 5.74) is 0. The zero-order valence-electron chi connectivity index (χ0n) is 10.2. The standard InChI is InChI=1S/C13H23NO2/c1-2-10-4-3-5-12(7-6-10)14-8-11(9-14)13(15)16/h10-12H,2-9H2,1H3,(H,15,16). The molecule has 16 heavy (non-hydrogen) atoms. The first kappa shape index (κ1) is 11.9. The Morgan fingerprint density at radius 2 is 2.00 bits per heavy atom. The lowest BCUT2D eigenvalue weighted by Gasteiger charge is -2.42. The van der Waals surface area contributed by atoms with Gasteiger partial charge >= 0.3 is 5.97 Å². The maximum atomic E-state index is 10.7. The van der Waals surface area contributed by atoms with E-state index in [1.807, 2.05) is 0 Å². The first-order valence-electron chi connectivity index (χ1n) is 6.67. The highest BCUT2D eigenvalue weighted by atomic mass is 16.4. The Hall–Kier alpha value is -0.570. The fourth-order valence-corrected chi connectivity index (χ4v) is 3.10. The molecule has 1 saturated carbocycles. The molecule has 2 fully saturated rings. The van der Waals surface area contributed by atoms with Crippen LogP contribution in [0.15, 0.2) is 0 Å². The quantitative estimate of drug-likeness (QED) is 0.750. The molecule has 2 unspecified atom stereocenters. The van der Waals surface area contributed by atoms with Crippen LogP contribution in [0.2, 0.25) is 0 Å². The molecular weight excluding hydrogens is 202 g/mol. The third-order valence-corrected chi connectivity index (χ3v) is 4.41. The van der Waals surface area contributed by atoms with E-state index in [9.17, 15) is 4.79 Å². The number of carboxylic acid groups (broad SMARTS) is 1. The van der Waals surface area contributed by atoms with E-state index >= 15 is 0 Å². The number of aliphatic carboxylic acids is 1. The van der Waals surface area contributed by atoms with E-state index in [1.54, 1.807) is 0 Å². The first-order valence-corrected chi connectivity index (χ1v) is 6.67. The predicted molar refractivity (Wildman–Crippen MR) is 63.4 cm³/mol. The molecule has 1 aliphatic carbocycles. The summed E-state index contributed by atoms with van der Waals surface area (Å²) in [7, 11) is 0. The molecule has 92 valence electrons. The zero-order valence-corrected chi connectivity index (χ0v) is 10.2. The molecule has 0 aromatic rings. The van der Waals surface area contributed by atoms with Crippen LogP contribution < -0.4 is 0 Å². The summed E-state index contributed by atoms with van der Waals surface area (Å²) in [4.78, 5) is 13.1. The molecule has 0 spiro atoms. The third-order valence-electron chi connectivity index (χ3n) is 4.41. The molecule has 3 heteroatoms. The van der Waals surface area contributed by atoms with Gasteiger partial charge in [-0.15, -0.1) is 0 Å². The van der Waals surface area contributed by atoms with Crippen molar-refractivity contribution in [1.29, 1.82) is 0 Å². The SMILES string of the molecule is CCC1CCCC(N2CC(C(=O)O)C2)CC1. The minimum absolute atomic E-state index is 0.0924. The summed E-state index contributed by atoms with van der Waals surface area (Å²) in [6.07, 6.45) is 7.92. The second-order valence-corrected chi connectivity index (χ2v) is 5.43. The Morgan fingerprint density at radius 3 is 2.62 bits per heavy atom. The normalized spacial score (nSPS) is 33.1. The lowest BCUT2D eigenvalue weighted by molar-refractivity contribution is -0.148. The van der Waals surface area contributed by atoms with Crippen LogP contribution in [0.5, 0.6) is 0 Å². The van der Waals surface area contributed by atoms with Gasteiger partial charge in [0.25, 0.3) is 0 Å². The van der Waals surface area contributed by atoms with Crippen LogP contribution in [0.3, 0.4) is 0 Å². The smallest absolute Gasteiger partial charge is 0.309 e. The second-order valence-electron chi connectivity index (χ2n) is 5.43. The zero-order chi connectivity index (χ0) is 11.5. The Bertz CT molecular complexity index is 248. The molecule has 2 rings (SSSR count). The van der Waals surface area contributed by atoms with Gasteiger partial charge in [0.05, 0.1) is 5.92 Å². The Labute approximate surface area is 97.8 Å². The van der Waals surface area contributed by atoms with Gasteiger partial charge in [-0.05, 0) is 25.2 Å². The average Bonchev–Trinajstić information content (AvgIpc) is 2.40. The van der Waals surface area contributed by atoms with E-state index in [4.69, 9.17) is 5.11 Å². The largest absolute Gasteiger partial charge is 0.481 e. The summed E-state index contributed by atoms with van der Waals surface area (Å²) in [5, 5.41) is 8.86. The van der Waals surface area contributed by atoms with Gasteiger partial charge in [-0.2, -0.15) is 0 Å². The molecule has 0 amide bonds. The van der Waals surface area contributed by atoms with E-state index in [0.717, 1.165) is 19.0 Å². The van der Waals surface area contributed by atoms with Crippen LogP contribution >= 0.6 is 0 Å². The highest BCUT2D eigenvalue weighted by Gasteiger charge is 2.36. The van der Waals surface area contributed by atoms with Crippen LogP contribution in [-0.2, 0) is 4.79 Å². The Morgan fingerprint density at radius 1 is 1.25 bits per heavy atom. The number of carboxylic acids is 1. The van der Waals surface area contributed by atoms with Crippen LogP contribution in [0.4, 0.5) is 0 Å². The van der Waals surface area contributed by atoms with Gasteiger partial charge in [-0.3, -0.25) is 9.69 Å². The van der Waals surface area contributed by atoms with Crippen molar-refractivity contribution < 1.29 is 9.90 Å². The van der Waals surface area contributed by atoms with Gasteiger partial charge in [0.15, 0.2) is 0 Å². The fraction of sp³-hybridized carbons (Fsp3) is 0.923. The van der Waals surface area contributed by atoms with Crippen molar-refractivity contribution in [2.24, 2.45) is 11.8 Å². The van der Waals surface area contributed by atoms with Crippen LogP contribution in [-0.4, -0.2) is 35.1 Å². The monoisotopic (exact) mass is 225 g/mol. The topological polar surface area (TPSA) is 40.5 Å². The molecular formula is C13H23NO2. The number of carbonyl (C=O) groups is 1. The summed E-state index contributed by atoms with van der Waals surface area (Å²) >= 11 is 0. The minimum Gasteiger partial charge on any atom is -0.481 e. The highest BCUT2D eigenvalue weighted by molar-refractivity contribution is 5.71. The Kier molecular flexibility index (Phi) is 3.85. The van der Waals surface area contributed by atoms with Crippen molar-refractivity contribution in [2.75, 3.05) is 13.1 Å². The van der Waals surface area contributed by atoms with E-state index < -0.39 is 5.97 Å². The molecule has 1 aliphatic heterocycles. The van der Waals surface area contributed by atoms with E-state index in [-0.39, 0.29) is 5.92 Å². The molecule has 2 aliphatic rings. The summed E-state index contributed by atoms with van der Waals surface area (Å²) < 4.78 is 0. The fourth-order valence-electron chi connectivity index (χ4n) is 3.10. The number of hydrogen-bond acceptors (Lipinski definition) is 2. The number of nitrogens with zero attached hydrogens (tertiary/aromatic N) is 1. The Balaban J connectivity index is 1.77. The first-order chi connectivity index (χ1) is 7.70. The van der Waals surface area contributed by atoms with E-state index in [2.05, 4.69) is 11.8 Å². The van der Waals surface area contributed by atoms with Gasteiger partial charge < -0.3 is 5.11 Å². The van der Waals surface area contributed by atoms with Gasteiger partial charge in [-0.1, -0.05) is 26.2 Å². The van der Waals surface area contributed by atoms with Gasteiger partial charge in [-0.25, -0.2) is 0 Å². The van der Waals surface area contributed by atoms with Gasteiger partial charge in [0.2, 0.25) is 0 Å². The molecule has 0 bridgehead atoms. The molecule has 1 N–H and O–H groups in total. The highest BCUT2D eigenvalue weighted by Crippen LogP contribution is 2.31. The van der Waals surface area contributed by atoms with Crippen molar-refractivity contribution in [3.8, 4) is 0 Å². The van der Waals surface area contributed by atoms with Crippen LogP contribution in [0, 0.1) is 11.8 Å². The van der Waals surface area contributed by atoms with E-state index in [1.165, 1.54) is 38.5 Å². The lowest BCUT2D eigenvalue weighted by atomic mass is 9.94. The average molecular weight is 225 g/mol. The molecule has 1 heterocycles. The number of rotatable bonds is 3. The summed E-state index contributed by atoms with van der Waals surface area (Å²) in [5.74, 6) is 0.211.